The van der Waals surface area contributed by atoms with Crippen molar-refractivity contribution in [1.82, 2.24) is 10.5 Å². The van der Waals surface area contributed by atoms with Crippen LogP contribution in [0.5, 0.6) is 5.75 Å². The summed E-state index contributed by atoms with van der Waals surface area (Å²) in [4.78, 5) is 0. The zero-order chi connectivity index (χ0) is 10.7. The van der Waals surface area contributed by atoms with E-state index in [0.717, 1.165) is 18.0 Å². The maximum absolute atomic E-state index is 5.11. The molecule has 15 heavy (non-hydrogen) atoms. The van der Waals surface area contributed by atoms with Crippen LogP contribution in [-0.4, -0.2) is 25.7 Å². The van der Waals surface area contributed by atoms with Gasteiger partial charge in [0, 0.05) is 19.8 Å². The third-order valence-electron chi connectivity index (χ3n) is 2.26. The SMILES string of the molecule is COc1ccc(N2C=CCN(C)N2)cc1. The predicted octanol–water partition coefficient (Wildman–Crippen LogP) is 1.38. The van der Waals surface area contributed by atoms with Crippen LogP contribution in [0.1, 0.15) is 0 Å². The number of likely N-dealkylation sites (N-methyl/N-ethyl adjacent to an activating group) is 1. The topological polar surface area (TPSA) is 27.7 Å². The highest BCUT2D eigenvalue weighted by molar-refractivity contribution is 5.50. The Morgan fingerprint density at radius 3 is 2.60 bits per heavy atom. The highest BCUT2D eigenvalue weighted by Crippen LogP contribution is 2.19. The van der Waals surface area contributed by atoms with Crippen LogP contribution in [0.15, 0.2) is 36.5 Å². The molecule has 0 saturated heterocycles. The fourth-order valence-electron chi connectivity index (χ4n) is 1.46. The number of anilines is 1. The first-order valence-electron chi connectivity index (χ1n) is 4.87. The smallest absolute Gasteiger partial charge is 0.119 e. The number of benzene rings is 1. The average molecular weight is 205 g/mol. The van der Waals surface area contributed by atoms with E-state index >= 15 is 0 Å². The minimum absolute atomic E-state index is 0.869. The highest BCUT2D eigenvalue weighted by Gasteiger charge is 2.08. The van der Waals surface area contributed by atoms with Gasteiger partial charge in [0.15, 0.2) is 0 Å². The van der Waals surface area contributed by atoms with E-state index in [0.29, 0.717) is 0 Å². The number of methoxy groups -OCH3 is 1. The van der Waals surface area contributed by atoms with Gasteiger partial charge in [-0.25, -0.2) is 5.01 Å². The van der Waals surface area contributed by atoms with Gasteiger partial charge in [0.1, 0.15) is 5.75 Å². The number of hydrazine groups is 2. The molecule has 80 valence electrons. The molecule has 0 bridgehead atoms. The van der Waals surface area contributed by atoms with E-state index in [-0.39, 0.29) is 0 Å². The molecule has 1 aliphatic rings. The molecule has 0 saturated carbocycles. The van der Waals surface area contributed by atoms with E-state index < -0.39 is 0 Å². The Morgan fingerprint density at radius 1 is 1.27 bits per heavy atom. The fourth-order valence-corrected chi connectivity index (χ4v) is 1.46. The zero-order valence-corrected chi connectivity index (χ0v) is 8.97. The summed E-state index contributed by atoms with van der Waals surface area (Å²) < 4.78 is 5.11. The van der Waals surface area contributed by atoms with Gasteiger partial charge in [-0.05, 0) is 24.3 Å². The van der Waals surface area contributed by atoms with Crippen molar-refractivity contribution in [1.29, 1.82) is 0 Å². The van der Waals surface area contributed by atoms with E-state index in [1.165, 1.54) is 0 Å². The van der Waals surface area contributed by atoms with E-state index in [1.807, 2.05) is 47.5 Å². The van der Waals surface area contributed by atoms with Crippen LogP contribution in [0.3, 0.4) is 0 Å². The first-order chi connectivity index (χ1) is 7.29. The normalized spacial score (nSPS) is 16.8. The molecule has 0 fully saturated rings. The van der Waals surface area contributed by atoms with Crippen LogP contribution < -0.4 is 15.3 Å². The van der Waals surface area contributed by atoms with Gasteiger partial charge in [0.2, 0.25) is 0 Å². The minimum Gasteiger partial charge on any atom is -0.497 e. The van der Waals surface area contributed by atoms with Gasteiger partial charge in [0.05, 0.1) is 12.8 Å². The predicted molar refractivity (Wildman–Crippen MR) is 60.4 cm³/mol. The number of hydrogen-bond acceptors (Lipinski definition) is 4. The first kappa shape index (κ1) is 10.0. The van der Waals surface area contributed by atoms with Crippen molar-refractivity contribution in [3.63, 3.8) is 0 Å². The van der Waals surface area contributed by atoms with Gasteiger partial charge in [-0.2, -0.15) is 5.53 Å². The number of nitrogens with zero attached hydrogens (tertiary/aromatic N) is 2. The summed E-state index contributed by atoms with van der Waals surface area (Å²) in [6.45, 7) is 0.909. The van der Waals surface area contributed by atoms with Crippen LogP contribution >= 0.6 is 0 Å². The molecule has 2 rings (SSSR count). The molecule has 1 heterocycles. The van der Waals surface area contributed by atoms with Gasteiger partial charge < -0.3 is 4.74 Å². The van der Waals surface area contributed by atoms with Crippen LogP contribution in [0.2, 0.25) is 0 Å². The molecule has 0 aliphatic carbocycles. The second-order valence-electron chi connectivity index (χ2n) is 3.43. The lowest BCUT2D eigenvalue weighted by Crippen LogP contribution is -2.48. The summed E-state index contributed by atoms with van der Waals surface area (Å²) >= 11 is 0. The standard InChI is InChI=1S/C11H15N3O/c1-13-8-3-9-14(12-13)10-4-6-11(15-2)7-5-10/h3-7,9,12H,8H2,1-2H3. The van der Waals surface area contributed by atoms with E-state index in [1.54, 1.807) is 7.11 Å². The first-order valence-corrected chi connectivity index (χ1v) is 4.87. The van der Waals surface area contributed by atoms with Crippen molar-refractivity contribution in [3.8, 4) is 5.75 Å². The Balaban J connectivity index is 2.15. The van der Waals surface area contributed by atoms with E-state index in [9.17, 15) is 0 Å². The maximum Gasteiger partial charge on any atom is 0.119 e. The Kier molecular flexibility index (Phi) is 2.89. The van der Waals surface area contributed by atoms with Crippen molar-refractivity contribution in [2.75, 3.05) is 25.7 Å². The molecular formula is C11H15N3O. The van der Waals surface area contributed by atoms with Crippen molar-refractivity contribution in [2.24, 2.45) is 0 Å². The van der Waals surface area contributed by atoms with Crippen LogP contribution in [0.4, 0.5) is 5.69 Å². The average Bonchev–Trinajstić information content (AvgIpc) is 2.29. The molecule has 0 unspecified atom stereocenters. The zero-order valence-electron chi connectivity index (χ0n) is 8.97. The lowest BCUT2D eigenvalue weighted by molar-refractivity contribution is 0.250. The molecule has 0 spiro atoms. The molecule has 1 N–H and O–H groups in total. The molecule has 4 heteroatoms. The minimum atomic E-state index is 0.869. The molecule has 0 radical (unpaired) electrons. The highest BCUT2D eigenvalue weighted by atomic mass is 16.5. The Morgan fingerprint density at radius 2 is 2.00 bits per heavy atom. The van der Waals surface area contributed by atoms with Crippen LogP contribution in [0, 0.1) is 0 Å². The fraction of sp³-hybridized carbons (Fsp3) is 0.273. The Bertz CT molecular complexity index is 347. The summed E-state index contributed by atoms with van der Waals surface area (Å²) in [5.41, 5.74) is 4.29. The third-order valence-corrected chi connectivity index (χ3v) is 2.26. The van der Waals surface area contributed by atoms with Gasteiger partial charge in [-0.3, -0.25) is 5.01 Å². The molecule has 1 aromatic rings. The maximum atomic E-state index is 5.11. The quantitative estimate of drug-likeness (QED) is 0.789. The molecule has 1 aromatic carbocycles. The molecule has 0 amide bonds. The Hall–Kier alpha value is -1.52. The van der Waals surface area contributed by atoms with Crippen molar-refractivity contribution in [3.05, 3.63) is 36.5 Å². The summed E-state index contributed by atoms with van der Waals surface area (Å²) in [6, 6.07) is 7.91. The summed E-state index contributed by atoms with van der Waals surface area (Å²) in [5, 5.41) is 3.97. The van der Waals surface area contributed by atoms with Crippen LogP contribution in [0.25, 0.3) is 0 Å². The van der Waals surface area contributed by atoms with Crippen molar-refractivity contribution >= 4 is 5.69 Å². The van der Waals surface area contributed by atoms with Gasteiger partial charge in [-0.15, -0.1) is 0 Å². The molecule has 1 aliphatic heterocycles. The summed E-state index contributed by atoms with van der Waals surface area (Å²) in [6.07, 6.45) is 4.11. The lowest BCUT2D eigenvalue weighted by atomic mass is 10.3. The molecule has 0 atom stereocenters. The van der Waals surface area contributed by atoms with Crippen LogP contribution in [-0.2, 0) is 0 Å². The second-order valence-corrected chi connectivity index (χ2v) is 3.43. The third kappa shape index (κ3) is 2.29. The second kappa shape index (κ2) is 4.33. The van der Waals surface area contributed by atoms with E-state index in [2.05, 4.69) is 11.6 Å². The van der Waals surface area contributed by atoms with Gasteiger partial charge in [-0.1, -0.05) is 6.08 Å². The monoisotopic (exact) mass is 205 g/mol. The Labute approximate surface area is 89.7 Å². The number of ether oxygens (including phenoxy) is 1. The molecule has 0 aromatic heterocycles. The molecule has 4 nitrogen and oxygen atoms in total. The number of hydrogen-bond donors (Lipinski definition) is 1. The van der Waals surface area contributed by atoms with Gasteiger partial charge >= 0.3 is 0 Å². The lowest BCUT2D eigenvalue weighted by Gasteiger charge is -2.30. The number of rotatable bonds is 2. The summed E-state index contributed by atoms with van der Waals surface area (Å²) in [5.74, 6) is 0.869. The van der Waals surface area contributed by atoms with Crippen molar-refractivity contribution < 1.29 is 4.74 Å². The van der Waals surface area contributed by atoms with Crippen molar-refractivity contribution in [2.45, 2.75) is 0 Å². The van der Waals surface area contributed by atoms with E-state index in [4.69, 9.17) is 4.74 Å². The number of nitrogens with one attached hydrogen (secondary N) is 1. The summed E-state index contributed by atoms with van der Waals surface area (Å²) in [7, 11) is 3.67. The van der Waals surface area contributed by atoms with Gasteiger partial charge in [0.25, 0.3) is 0 Å². The molecular weight excluding hydrogens is 190 g/mol. The largest absolute Gasteiger partial charge is 0.497 e.